The molecule has 0 aliphatic carbocycles. The lowest BCUT2D eigenvalue weighted by atomic mass is 10.1. The summed E-state index contributed by atoms with van der Waals surface area (Å²) in [5.41, 5.74) is 3.76. The van der Waals surface area contributed by atoms with Crippen molar-refractivity contribution in [2.75, 3.05) is 0 Å². The average molecular weight is 241 g/mol. The third kappa shape index (κ3) is 2.47. The molecule has 88 valence electrons. The van der Waals surface area contributed by atoms with Gasteiger partial charge < -0.3 is 0 Å². The van der Waals surface area contributed by atoms with E-state index in [-0.39, 0.29) is 0 Å². The van der Waals surface area contributed by atoms with E-state index in [4.69, 9.17) is 0 Å². The molecule has 0 amide bonds. The number of hydrogen-bond acceptors (Lipinski definition) is 1. The number of aromatic nitrogens is 1. The van der Waals surface area contributed by atoms with E-state index in [9.17, 15) is 0 Å². The molecule has 0 saturated carbocycles. The molecule has 1 aromatic heterocycles. The summed E-state index contributed by atoms with van der Waals surface area (Å²) in [4.78, 5) is 4.51. The number of aryl methyl sites for hydroxylation is 1. The Morgan fingerprint density at radius 2 is 1.71 bits per heavy atom. The van der Waals surface area contributed by atoms with E-state index in [2.05, 4.69) is 61.9 Å². The van der Waals surface area contributed by atoms with Gasteiger partial charge in [-0.05, 0) is 24.6 Å². The van der Waals surface area contributed by atoms with Crippen LogP contribution >= 0.6 is 0 Å². The van der Waals surface area contributed by atoms with Gasteiger partial charge >= 0.3 is 0 Å². The lowest BCUT2D eigenvalue weighted by Gasteiger charge is -2.22. The predicted molar refractivity (Wildman–Crippen MR) is 77.4 cm³/mol. The fourth-order valence-electron chi connectivity index (χ4n) is 2.14. The highest BCUT2D eigenvalue weighted by Gasteiger charge is 2.22. The molecule has 17 heavy (non-hydrogen) atoms. The van der Waals surface area contributed by atoms with Crippen LogP contribution in [0.25, 0.3) is 11.3 Å². The van der Waals surface area contributed by atoms with Crippen LogP contribution in [0.2, 0.25) is 19.6 Å². The van der Waals surface area contributed by atoms with Gasteiger partial charge in [-0.1, -0.05) is 49.1 Å². The zero-order valence-electron chi connectivity index (χ0n) is 11.0. The Hall–Kier alpha value is -1.41. The van der Waals surface area contributed by atoms with Gasteiger partial charge in [-0.15, -0.1) is 0 Å². The van der Waals surface area contributed by atoms with Crippen LogP contribution in [0.4, 0.5) is 0 Å². The lowest BCUT2D eigenvalue weighted by Crippen LogP contribution is -2.39. The van der Waals surface area contributed by atoms with Crippen molar-refractivity contribution < 1.29 is 0 Å². The first-order valence-electron chi connectivity index (χ1n) is 6.01. The molecule has 2 heteroatoms. The van der Waals surface area contributed by atoms with Crippen LogP contribution in [-0.4, -0.2) is 13.1 Å². The summed E-state index contributed by atoms with van der Waals surface area (Å²) in [5, 5.41) is 1.50. The summed E-state index contributed by atoms with van der Waals surface area (Å²) in [6.07, 6.45) is 1.87. The van der Waals surface area contributed by atoms with Crippen molar-refractivity contribution in [2.24, 2.45) is 0 Å². The molecule has 0 N–H and O–H groups in total. The zero-order valence-corrected chi connectivity index (χ0v) is 12.0. The largest absolute Gasteiger partial charge is 0.256 e. The third-order valence-corrected chi connectivity index (χ3v) is 5.03. The van der Waals surface area contributed by atoms with E-state index in [0.29, 0.717) is 0 Å². The molecule has 0 spiro atoms. The molecular weight excluding hydrogens is 222 g/mol. The number of pyridine rings is 1. The molecule has 1 nitrogen and oxygen atoms in total. The molecule has 1 aromatic carbocycles. The van der Waals surface area contributed by atoms with Crippen molar-refractivity contribution in [1.29, 1.82) is 0 Å². The normalized spacial score (nSPS) is 11.5. The van der Waals surface area contributed by atoms with Crippen LogP contribution in [0.1, 0.15) is 5.56 Å². The Bertz CT molecular complexity index is 512. The van der Waals surface area contributed by atoms with E-state index in [1.165, 1.54) is 16.3 Å². The molecule has 0 saturated heterocycles. The molecule has 0 aliphatic rings. The van der Waals surface area contributed by atoms with E-state index >= 15 is 0 Å². The minimum absolute atomic E-state index is 1.10. The third-order valence-electron chi connectivity index (χ3n) is 3.00. The van der Waals surface area contributed by atoms with Crippen molar-refractivity contribution in [1.82, 2.24) is 4.98 Å². The van der Waals surface area contributed by atoms with Crippen molar-refractivity contribution in [3.63, 3.8) is 0 Å². The second-order valence-electron chi connectivity index (χ2n) is 5.46. The van der Waals surface area contributed by atoms with Crippen LogP contribution in [-0.2, 0) is 0 Å². The highest BCUT2D eigenvalue weighted by atomic mass is 28.3. The van der Waals surface area contributed by atoms with Crippen molar-refractivity contribution >= 4 is 13.3 Å². The minimum Gasteiger partial charge on any atom is -0.256 e. The molecule has 0 bridgehead atoms. The van der Waals surface area contributed by atoms with Crippen LogP contribution < -0.4 is 5.19 Å². The Labute approximate surface area is 105 Å². The van der Waals surface area contributed by atoms with Gasteiger partial charge in [0.15, 0.2) is 0 Å². The van der Waals surface area contributed by atoms with Crippen LogP contribution in [0.15, 0.2) is 42.6 Å². The average Bonchev–Trinajstić information content (AvgIpc) is 2.28. The Morgan fingerprint density at radius 3 is 2.29 bits per heavy atom. The second-order valence-corrected chi connectivity index (χ2v) is 10.5. The van der Waals surface area contributed by atoms with Crippen molar-refractivity contribution in [3.05, 3.63) is 48.2 Å². The molecule has 1 heterocycles. The number of rotatable bonds is 2. The van der Waals surface area contributed by atoms with Gasteiger partial charge in [0.05, 0.1) is 13.8 Å². The fourth-order valence-corrected chi connectivity index (χ4v) is 3.81. The first-order valence-corrected chi connectivity index (χ1v) is 9.51. The van der Waals surface area contributed by atoms with Gasteiger partial charge in [-0.2, -0.15) is 0 Å². The van der Waals surface area contributed by atoms with E-state index < -0.39 is 8.07 Å². The standard InChI is InChI=1S/C15H19NSi/c1-12-8-7-10-14(17(2,3)4)15(12)13-9-5-6-11-16-13/h5-11H,1-4H3. The maximum atomic E-state index is 4.51. The smallest absolute Gasteiger partial charge is 0.0784 e. The van der Waals surface area contributed by atoms with Gasteiger partial charge in [0, 0.05) is 11.8 Å². The highest BCUT2D eigenvalue weighted by Crippen LogP contribution is 2.22. The minimum atomic E-state index is -1.33. The molecule has 2 rings (SSSR count). The van der Waals surface area contributed by atoms with E-state index in [1.54, 1.807) is 0 Å². The Kier molecular flexibility index (Phi) is 3.16. The summed E-state index contributed by atoms with van der Waals surface area (Å²) >= 11 is 0. The number of benzene rings is 1. The molecule has 0 radical (unpaired) electrons. The topological polar surface area (TPSA) is 12.9 Å². The van der Waals surface area contributed by atoms with Gasteiger partial charge in [0.25, 0.3) is 0 Å². The fraction of sp³-hybridized carbons (Fsp3) is 0.267. The first kappa shape index (κ1) is 12.1. The maximum Gasteiger partial charge on any atom is 0.0784 e. The van der Waals surface area contributed by atoms with E-state index in [1.807, 2.05) is 12.3 Å². The first-order chi connectivity index (χ1) is 8.00. The Balaban J connectivity index is 2.69. The van der Waals surface area contributed by atoms with E-state index in [0.717, 1.165) is 5.69 Å². The molecule has 0 atom stereocenters. The quantitative estimate of drug-likeness (QED) is 0.732. The highest BCUT2D eigenvalue weighted by molar-refractivity contribution is 6.89. The van der Waals surface area contributed by atoms with Crippen LogP contribution in [0, 0.1) is 6.92 Å². The summed E-state index contributed by atoms with van der Waals surface area (Å²) in [5.74, 6) is 0. The van der Waals surface area contributed by atoms with Gasteiger partial charge in [-0.3, -0.25) is 4.98 Å². The second kappa shape index (κ2) is 4.45. The molecule has 0 fully saturated rings. The van der Waals surface area contributed by atoms with Gasteiger partial charge in [-0.25, -0.2) is 0 Å². The lowest BCUT2D eigenvalue weighted by molar-refractivity contribution is 1.31. The summed E-state index contributed by atoms with van der Waals surface area (Å²) in [6.45, 7) is 9.32. The van der Waals surface area contributed by atoms with Crippen LogP contribution in [0.5, 0.6) is 0 Å². The summed E-state index contributed by atoms with van der Waals surface area (Å²) in [7, 11) is -1.33. The van der Waals surface area contributed by atoms with Gasteiger partial charge in [0.2, 0.25) is 0 Å². The molecular formula is C15H19NSi. The number of hydrogen-bond donors (Lipinski definition) is 0. The SMILES string of the molecule is Cc1cccc([Si](C)(C)C)c1-c1ccccn1. The maximum absolute atomic E-state index is 4.51. The summed E-state index contributed by atoms with van der Waals surface area (Å²) in [6, 6.07) is 12.7. The monoisotopic (exact) mass is 241 g/mol. The zero-order chi connectivity index (χ0) is 12.5. The summed E-state index contributed by atoms with van der Waals surface area (Å²) < 4.78 is 0. The Morgan fingerprint density at radius 1 is 0.941 bits per heavy atom. The van der Waals surface area contributed by atoms with Crippen molar-refractivity contribution in [3.8, 4) is 11.3 Å². The van der Waals surface area contributed by atoms with Crippen molar-refractivity contribution in [2.45, 2.75) is 26.6 Å². The van der Waals surface area contributed by atoms with Gasteiger partial charge in [0.1, 0.15) is 0 Å². The number of nitrogens with zero attached hydrogens (tertiary/aromatic N) is 1. The molecule has 0 aliphatic heterocycles. The molecule has 2 aromatic rings. The molecule has 0 unspecified atom stereocenters. The van der Waals surface area contributed by atoms with Crippen LogP contribution in [0.3, 0.4) is 0 Å². The predicted octanol–water partition coefficient (Wildman–Crippen LogP) is 3.60.